The first-order valence-corrected chi connectivity index (χ1v) is 13.1. The number of rotatable bonds is 7. The van der Waals surface area contributed by atoms with E-state index in [1.165, 1.54) is 34.8 Å². The molecule has 0 atom stereocenters. The van der Waals surface area contributed by atoms with E-state index in [0.29, 0.717) is 37.5 Å². The maximum absolute atomic E-state index is 12.8. The highest BCUT2D eigenvalue weighted by Crippen LogP contribution is 2.25. The summed E-state index contributed by atoms with van der Waals surface area (Å²) in [5.74, 6) is -0.169. The molecular weight excluding hydrogens is 446 g/mol. The van der Waals surface area contributed by atoms with Crippen LogP contribution in [0.25, 0.3) is 0 Å². The molecule has 1 N–H and O–H groups in total. The van der Waals surface area contributed by atoms with Crippen LogP contribution in [-0.4, -0.2) is 49.7 Å². The maximum Gasteiger partial charge on any atom is 0.243 e. The molecule has 0 radical (unpaired) electrons. The van der Waals surface area contributed by atoms with E-state index < -0.39 is 10.0 Å². The van der Waals surface area contributed by atoms with E-state index in [1.807, 2.05) is 12.1 Å². The molecule has 0 spiro atoms. The molecule has 6 nitrogen and oxygen atoms in total. The Bertz CT molecular complexity index is 1030. The molecule has 2 aliphatic rings. The zero-order valence-corrected chi connectivity index (χ0v) is 19.7. The minimum atomic E-state index is -3.56. The summed E-state index contributed by atoms with van der Waals surface area (Å²) in [4.78, 5) is 15.4. The summed E-state index contributed by atoms with van der Waals surface area (Å²) in [6.45, 7) is 4.46. The van der Waals surface area contributed by atoms with E-state index in [2.05, 4.69) is 22.3 Å². The Morgan fingerprint density at radius 3 is 2.31 bits per heavy atom. The lowest BCUT2D eigenvalue weighted by Crippen LogP contribution is -2.42. The molecule has 0 saturated carbocycles. The Balaban J connectivity index is 1.27. The summed E-state index contributed by atoms with van der Waals surface area (Å²) in [5, 5.41) is 3.55. The molecule has 32 heavy (non-hydrogen) atoms. The summed E-state index contributed by atoms with van der Waals surface area (Å²) in [6, 6.07) is 14.6. The highest BCUT2D eigenvalue weighted by atomic mass is 35.5. The van der Waals surface area contributed by atoms with Gasteiger partial charge in [-0.2, -0.15) is 4.31 Å². The second-order valence-electron chi connectivity index (χ2n) is 8.65. The second kappa shape index (κ2) is 10.3. The van der Waals surface area contributed by atoms with Crippen LogP contribution in [0.15, 0.2) is 53.4 Å². The standard InChI is InChI=1S/C24H30ClN3O3S/c25-22-6-8-23(9-7-22)32(30,31)28-14-10-21(11-15-28)24(29)26-17-19-4-3-5-20(16-19)18-27-12-1-2-13-27/h3-9,16,21H,1-2,10-15,17-18H2,(H,26,29). The fourth-order valence-corrected chi connectivity index (χ4v) is 6.08. The number of hydrogen-bond donors (Lipinski definition) is 1. The van der Waals surface area contributed by atoms with Crippen molar-refractivity contribution in [3.63, 3.8) is 0 Å². The zero-order valence-electron chi connectivity index (χ0n) is 18.2. The van der Waals surface area contributed by atoms with E-state index in [4.69, 9.17) is 11.6 Å². The number of halogens is 1. The van der Waals surface area contributed by atoms with Crippen molar-refractivity contribution >= 4 is 27.5 Å². The highest BCUT2D eigenvalue weighted by Gasteiger charge is 2.32. The SMILES string of the molecule is O=C(NCc1cccc(CN2CCCC2)c1)C1CCN(S(=O)(=O)c2ccc(Cl)cc2)CC1. The first-order chi connectivity index (χ1) is 15.4. The van der Waals surface area contributed by atoms with Crippen molar-refractivity contribution in [1.82, 2.24) is 14.5 Å². The Morgan fingerprint density at radius 1 is 0.969 bits per heavy atom. The summed E-state index contributed by atoms with van der Waals surface area (Å²) in [6.07, 6.45) is 3.59. The molecule has 1 amide bonds. The van der Waals surface area contributed by atoms with Crippen LogP contribution in [-0.2, 0) is 27.9 Å². The topological polar surface area (TPSA) is 69.7 Å². The first kappa shape index (κ1) is 23.2. The fourth-order valence-electron chi connectivity index (χ4n) is 4.48. The van der Waals surface area contributed by atoms with E-state index in [-0.39, 0.29) is 16.7 Å². The average molecular weight is 476 g/mol. The molecule has 0 aliphatic carbocycles. The normalized spacial score (nSPS) is 18.7. The van der Waals surface area contributed by atoms with Gasteiger partial charge in [-0.15, -0.1) is 0 Å². The van der Waals surface area contributed by atoms with Crippen LogP contribution < -0.4 is 5.32 Å². The third kappa shape index (κ3) is 5.70. The Morgan fingerprint density at radius 2 is 1.62 bits per heavy atom. The van der Waals surface area contributed by atoms with Crippen LogP contribution in [0.4, 0.5) is 0 Å². The van der Waals surface area contributed by atoms with E-state index in [0.717, 1.165) is 25.2 Å². The smallest absolute Gasteiger partial charge is 0.243 e. The molecule has 2 aromatic carbocycles. The van der Waals surface area contributed by atoms with Crippen molar-refractivity contribution in [3.05, 3.63) is 64.7 Å². The molecule has 2 aliphatic heterocycles. The van der Waals surface area contributed by atoms with E-state index >= 15 is 0 Å². The van der Waals surface area contributed by atoms with Crippen molar-refractivity contribution in [2.45, 2.75) is 43.7 Å². The van der Waals surface area contributed by atoms with Gasteiger partial charge in [-0.3, -0.25) is 9.69 Å². The minimum Gasteiger partial charge on any atom is -0.352 e. The summed E-state index contributed by atoms with van der Waals surface area (Å²) in [5.41, 5.74) is 2.37. The molecule has 8 heteroatoms. The third-order valence-electron chi connectivity index (χ3n) is 6.34. The van der Waals surface area contributed by atoms with Gasteiger partial charge >= 0.3 is 0 Å². The number of likely N-dealkylation sites (tertiary alicyclic amines) is 1. The molecular formula is C24H30ClN3O3S. The van der Waals surface area contributed by atoms with Crippen LogP contribution in [0.5, 0.6) is 0 Å². The van der Waals surface area contributed by atoms with Crippen LogP contribution in [0.1, 0.15) is 36.8 Å². The van der Waals surface area contributed by atoms with E-state index in [1.54, 1.807) is 12.1 Å². The molecule has 2 saturated heterocycles. The number of benzene rings is 2. The minimum absolute atomic E-state index is 0.00140. The molecule has 4 rings (SSSR count). The van der Waals surface area contributed by atoms with Crippen LogP contribution in [0.3, 0.4) is 0 Å². The molecule has 2 aromatic rings. The van der Waals surface area contributed by atoms with Crippen molar-refractivity contribution in [2.24, 2.45) is 5.92 Å². The van der Waals surface area contributed by atoms with Crippen LogP contribution in [0.2, 0.25) is 5.02 Å². The number of amides is 1. The molecule has 0 aromatic heterocycles. The van der Waals surface area contributed by atoms with Gasteiger partial charge in [-0.25, -0.2) is 8.42 Å². The lowest BCUT2D eigenvalue weighted by molar-refractivity contribution is -0.126. The number of carbonyl (C=O) groups excluding carboxylic acids is 1. The number of carbonyl (C=O) groups is 1. The van der Waals surface area contributed by atoms with Crippen molar-refractivity contribution in [2.75, 3.05) is 26.2 Å². The summed E-state index contributed by atoms with van der Waals surface area (Å²) in [7, 11) is -3.56. The zero-order chi connectivity index (χ0) is 22.6. The predicted octanol–water partition coefficient (Wildman–Crippen LogP) is 3.65. The third-order valence-corrected chi connectivity index (χ3v) is 8.50. The lowest BCUT2D eigenvalue weighted by atomic mass is 9.97. The summed E-state index contributed by atoms with van der Waals surface area (Å²) < 4.78 is 27.1. The van der Waals surface area contributed by atoms with Gasteiger partial charge in [0.1, 0.15) is 0 Å². The van der Waals surface area contributed by atoms with Gasteiger partial charge in [0.15, 0.2) is 0 Å². The van der Waals surface area contributed by atoms with Crippen molar-refractivity contribution in [1.29, 1.82) is 0 Å². The van der Waals surface area contributed by atoms with Gasteiger partial charge in [0.05, 0.1) is 4.90 Å². The first-order valence-electron chi connectivity index (χ1n) is 11.3. The van der Waals surface area contributed by atoms with Gasteiger partial charge in [0.2, 0.25) is 15.9 Å². The lowest BCUT2D eigenvalue weighted by Gasteiger charge is -2.30. The Kier molecular flexibility index (Phi) is 7.51. The van der Waals surface area contributed by atoms with E-state index in [9.17, 15) is 13.2 Å². The monoisotopic (exact) mass is 475 g/mol. The van der Waals surface area contributed by atoms with Gasteiger partial charge in [0, 0.05) is 37.1 Å². The molecule has 2 fully saturated rings. The quantitative estimate of drug-likeness (QED) is 0.663. The number of nitrogens with zero attached hydrogens (tertiary/aromatic N) is 2. The molecule has 0 bridgehead atoms. The second-order valence-corrected chi connectivity index (χ2v) is 11.0. The van der Waals surface area contributed by atoms with Crippen LogP contribution in [0, 0.1) is 5.92 Å². The highest BCUT2D eigenvalue weighted by molar-refractivity contribution is 7.89. The molecule has 172 valence electrons. The fraction of sp³-hybridized carbons (Fsp3) is 0.458. The van der Waals surface area contributed by atoms with Gasteiger partial charge in [-0.05, 0) is 74.2 Å². The summed E-state index contributed by atoms with van der Waals surface area (Å²) >= 11 is 5.87. The Hall–Kier alpha value is -1.93. The van der Waals surface area contributed by atoms with Gasteiger partial charge < -0.3 is 5.32 Å². The maximum atomic E-state index is 12.8. The van der Waals surface area contributed by atoms with Gasteiger partial charge in [-0.1, -0.05) is 35.9 Å². The average Bonchev–Trinajstić information content (AvgIpc) is 3.31. The van der Waals surface area contributed by atoms with Crippen LogP contribution >= 0.6 is 11.6 Å². The number of piperidine rings is 1. The molecule has 2 heterocycles. The number of nitrogens with one attached hydrogen (secondary N) is 1. The van der Waals surface area contributed by atoms with Crippen molar-refractivity contribution < 1.29 is 13.2 Å². The largest absolute Gasteiger partial charge is 0.352 e. The number of sulfonamides is 1. The Labute approximate surface area is 195 Å². The predicted molar refractivity (Wildman–Crippen MR) is 126 cm³/mol. The molecule has 0 unspecified atom stereocenters. The number of hydrogen-bond acceptors (Lipinski definition) is 4. The van der Waals surface area contributed by atoms with Gasteiger partial charge in [0.25, 0.3) is 0 Å². The van der Waals surface area contributed by atoms with Crippen molar-refractivity contribution in [3.8, 4) is 0 Å².